The van der Waals surface area contributed by atoms with Gasteiger partial charge in [-0.25, -0.2) is 4.39 Å². The maximum Gasteiger partial charge on any atom is 0.127 e. The highest BCUT2D eigenvalue weighted by Crippen LogP contribution is 2.42. The Morgan fingerprint density at radius 1 is 1.20 bits per heavy atom. The number of fused-ring (bicyclic) bond motifs is 1. The molecule has 20 heavy (non-hydrogen) atoms. The van der Waals surface area contributed by atoms with Gasteiger partial charge in [0.1, 0.15) is 11.6 Å². The molecule has 0 fully saturated rings. The van der Waals surface area contributed by atoms with E-state index in [1.807, 2.05) is 6.07 Å². The lowest BCUT2D eigenvalue weighted by molar-refractivity contribution is 0.353. The van der Waals surface area contributed by atoms with Gasteiger partial charge >= 0.3 is 0 Å². The van der Waals surface area contributed by atoms with Crippen molar-refractivity contribution in [3.05, 3.63) is 62.3 Å². The van der Waals surface area contributed by atoms with E-state index in [4.69, 9.17) is 27.9 Å². The Kier molecular flexibility index (Phi) is 3.93. The summed E-state index contributed by atoms with van der Waals surface area (Å²) < 4.78 is 19.8. The van der Waals surface area contributed by atoms with Gasteiger partial charge in [0, 0.05) is 21.5 Å². The van der Waals surface area contributed by atoms with Crippen molar-refractivity contribution in [3.63, 3.8) is 0 Å². The van der Waals surface area contributed by atoms with Crippen LogP contribution in [0.4, 0.5) is 4.39 Å². The van der Waals surface area contributed by atoms with E-state index in [0.717, 1.165) is 23.3 Å². The van der Waals surface area contributed by atoms with Crippen molar-refractivity contribution >= 4 is 39.1 Å². The molecule has 5 heteroatoms. The number of halogens is 4. The van der Waals surface area contributed by atoms with Crippen molar-refractivity contribution in [2.45, 2.75) is 11.8 Å². The second-order valence-corrected chi connectivity index (χ2v) is 6.44. The molecule has 1 nitrogen and oxygen atoms in total. The number of alkyl halides is 1. The van der Waals surface area contributed by atoms with Gasteiger partial charge in [-0.05, 0) is 41.5 Å². The molecule has 1 atom stereocenters. The molecule has 3 rings (SSSR count). The van der Waals surface area contributed by atoms with Crippen molar-refractivity contribution in [1.82, 2.24) is 0 Å². The fourth-order valence-electron chi connectivity index (χ4n) is 2.39. The highest BCUT2D eigenvalue weighted by Gasteiger charge is 2.23. The molecule has 1 aliphatic heterocycles. The molecule has 1 heterocycles. The maximum atomic E-state index is 13.5. The van der Waals surface area contributed by atoms with Crippen LogP contribution in [0.2, 0.25) is 5.02 Å². The van der Waals surface area contributed by atoms with Gasteiger partial charge in [-0.15, -0.1) is 11.6 Å². The van der Waals surface area contributed by atoms with Crippen molar-refractivity contribution in [3.8, 4) is 5.75 Å². The molecule has 1 unspecified atom stereocenters. The molecule has 0 aromatic heterocycles. The minimum absolute atomic E-state index is 0.334. The average Bonchev–Trinajstić information content (AvgIpc) is 2.83. The third-order valence-electron chi connectivity index (χ3n) is 3.23. The second-order valence-electron chi connectivity index (χ2n) is 4.65. The lowest BCUT2D eigenvalue weighted by atomic mass is 10.0. The molecule has 0 bridgehead atoms. The number of rotatable bonds is 2. The minimum Gasteiger partial charge on any atom is -0.493 e. The normalized spacial score (nSPS) is 14.8. The van der Waals surface area contributed by atoms with Crippen LogP contribution in [0, 0.1) is 5.82 Å². The third-order valence-corrected chi connectivity index (χ3v) is 4.39. The number of hydrogen-bond acceptors (Lipinski definition) is 1. The average molecular weight is 376 g/mol. The van der Waals surface area contributed by atoms with Gasteiger partial charge in [0.25, 0.3) is 0 Å². The molecule has 2 aromatic carbocycles. The maximum absolute atomic E-state index is 13.5. The highest BCUT2D eigenvalue weighted by molar-refractivity contribution is 9.10. The first-order valence-corrected chi connectivity index (χ1v) is 7.70. The van der Waals surface area contributed by atoms with E-state index in [-0.39, 0.29) is 5.82 Å². The van der Waals surface area contributed by atoms with E-state index in [2.05, 4.69) is 15.9 Å². The van der Waals surface area contributed by atoms with Crippen LogP contribution in [0.1, 0.15) is 22.1 Å². The SMILES string of the molecule is Fc1cc(Br)cc(C(Cl)c2cc(Cl)cc3c2OCC3)c1. The molecule has 1 aliphatic rings. The number of benzene rings is 2. The van der Waals surface area contributed by atoms with Gasteiger partial charge in [0.2, 0.25) is 0 Å². The van der Waals surface area contributed by atoms with Crippen LogP contribution in [0.25, 0.3) is 0 Å². The second kappa shape index (κ2) is 5.55. The van der Waals surface area contributed by atoms with Crippen LogP contribution in [-0.2, 0) is 6.42 Å². The Morgan fingerprint density at radius 3 is 2.75 bits per heavy atom. The van der Waals surface area contributed by atoms with Crippen LogP contribution in [-0.4, -0.2) is 6.61 Å². The summed E-state index contributed by atoms with van der Waals surface area (Å²) in [5.74, 6) is 0.439. The molecule has 2 aromatic rings. The minimum atomic E-state index is -0.507. The zero-order valence-electron chi connectivity index (χ0n) is 10.3. The molecule has 104 valence electrons. The first kappa shape index (κ1) is 14.2. The van der Waals surface area contributed by atoms with Crippen LogP contribution >= 0.6 is 39.1 Å². The summed E-state index contributed by atoms with van der Waals surface area (Å²) in [4.78, 5) is 0. The van der Waals surface area contributed by atoms with Gasteiger partial charge in [-0.1, -0.05) is 27.5 Å². The third kappa shape index (κ3) is 2.67. The Bertz CT molecular complexity index is 655. The summed E-state index contributed by atoms with van der Waals surface area (Å²) in [6.07, 6.45) is 0.819. The van der Waals surface area contributed by atoms with Crippen LogP contribution < -0.4 is 4.74 Å². The molecule has 0 aliphatic carbocycles. The van der Waals surface area contributed by atoms with Crippen LogP contribution in [0.15, 0.2) is 34.8 Å². The standard InChI is InChI=1S/C15H10BrCl2FO/c16-10-3-9(5-12(19)6-10)14(18)13-7-11(17)4-8-1-2-20-15(8)13/h3-7,14H,1-2H2. The quantitative estimate of drug-likeness (QED) is 0.629. The van der Waals surface area contributed by atoms with Gasteiger partial charge in [0.05, 0.1) is 12.0 Å². The molecule has 0 amide bonds. The van der Waals surface area contributed by atoms with E-state index in [0.29, 0.717) is 21.7 Å². The largest absolute Gasteiger partial charge is 0.493 e. The Balaban J connectivity index is 2.08. The Morgan fingerprint density at radius 2 is 2.00 bits per heavy atom. The molecule has 0 saturated heterocycles. The summed E-state index contributed by atoms with van der Waals surface area (Å²) in [7, 11) is 0. The van der Waals surface area contributed by atoms with E-state index in [9.17, 15) is 4.39 Å². The molecule has 0 spiro atoms. The topological polar surface area (TPSA) is 9.23 Å². The lowest BCUT2D eigenvalue weighted by Gasteiger charge is -2.15. The Hall–Kier alpha value is -0.770. The molecular formula is C15H10BrCl2FO. The van der Waals surface area contributed by atoms with Crippen molar-refractivity contribution in [2.24, 2.45) is 0 Å². The van der Waals surface area contributed by atoms with E-state index in [1.165, 1.54) is 12.1 Å². The summed E-state index contributed by atoms with van der Waals surface area (Å²) in [6, 6.07) is 8.28. The monoisotopic (exact) mass is 374 g/mol. The molecule has 0 saturated carbocycles. The summed E-state index contributed by atoms with van der Waals surface area (Å²) in [6.45, 7) is 0.624. The predicted octanol–water partition coefficient (Wildman–Crippen LogP) is 5.50. The van der Waals surface area contributed by atoms with Gasteiger partial charge < -0.3 is 4.74 Å². The Labute approximate surface area is 134 Å². The summed E-state index contributed by atoms with van der Waals surface area (Å²) >= 11 is 15.9. The van der Waals surface area contributed by atoms with Crippen molar-refractivity contribution in [2.75, 3.05) is 6.61 Å². The zero-order chi connectivity index (χ0) is 14.3. The van der Waals surface area contributed by atoms with Crippen LogP contribution in [0.5, 0.6) is 5.75 Å². The molecular weight excluding hydrogens is 366 g/mol. The van der Waals surface area contributed by atoms with Gasteiger partial charge in [-0.3, -0.25) is 0 Å². The smallest absolute Gasteiger partial charge is 0.127 e. The molecule has 0 radical (unpaired) electrons. The van der Waals surface area contributed by atoms with Crippen molar-refractivity contribution < 1.29 is 9.13 Å². The number of ether oxygens (including phenoxy) is 1. The van der Waals surface area contributed by atoms with Crippen molar-refractivity contribution in [1.29, 1.82) is 0 Å². The molecule has 0 N–H and O–H groups in total. The van der Waals surface area contributed by atoms with E-state index < -0.39 is 5.38 Å². The van der Waals surface area contributed by atoms with E-state index >= 15 is 0 Å². The first-order chi connectivity index (χ1) is 9.54. The number of hydrogen-bond donors (Lipinski definition) is 0. The predicted molar refractivity (Wildman–Crippen MR) is 82.4 cm³/mol. The van der Waals surface area contributed by atoms with Gasteiger partial charge in [0.15, 0.2) is 0 Å². The lowest BCUT2D eigenvalue weighted by Crippen LogP contribution is -1.98. The fourth-order valence-corrected chi connectivity index (χ4v) is 3.41. The van der Waals surface area contributed by atoms with E-state index in [1.54, 1.807) is 12.1 Å². The summed E-state index contributed by atoms with van der Waals surface area (Å²) in [5, 5.41) is 0.109. The zero-order valence-corrected chi connectivity index (χ0v) is 13.4. The summed E-state index contributed by atoms with van der Waals surface area (Å²) in [5.41, 5.74) is 2.50. The first-order valence-electron chi connectivity index (χ1n) is 6.10. The van der Waals surface area contributed by atoms with Gasteiger partial charge in [-0.2, -0.15) is 0 Å². The highest BCUT2D eigenvalue weighted by atomic mass is 79.9. The fraction of sp³-hybridized carbons (Fsp3) is 0.200. The van der Waals surface area contributed by atoms with Crippen LogP contribution in [0.3, 0.4) is 0 Å².